The summed E-state index contributed by atoms with van der Waals surface area (Å²) in [6.45, 7) is 26.1. The van der Waals surface area contributed by atoms with Crippen molar-refractivity contribution in [3.8, 4) is 11.1 Å². The number of hydrogen-bond acceptors (Lipinski definition) is 3. The highest BCUT2D eigenvalue weighted by molar-refractivity contribution is 7.00. The molecule has 4 heteroatoms. The molecule has 0 N–H and O–H groups in total. The van der Waals surface area contributed by atoms with E-state index in [-0.39, 0.29) is 33.9 Å². The lowest BCUT2D eigenvalue weighted by molar-refractivity contribution is 0.133. The molecule has 0 saturated heterocycles. The zero-order chi connectivity index (χ0) is 44.7. The van der Waals surface area contributed by atoms with Crippen LogP contribution in [0.3, 0.4) is 0 Å². The van der Waals surface area contributed by atoms with Crippen LogP contribution in [0, 0.1) is 0 Å². The van der Waals surface area contributed by atoms with Crippen LogP contribution in [0.5, 0.6) is 0 Å². The zero-order valence-electron chi connectivity index (χ0n) is 39.8. The Hall–Kier alpha value is -6.00. The van der Waals surface area contributed by atoms with Gasteiger partial charge < -0.3 is 14.7 Å². The third-order valence-electron chi connectivity index (χ3n) is 15.8. The average molecular weight is 836 g/mol. The van der Waals surface area contributed by atoms with E-state index in [1.54, 1.807) is 0 Å². The first kappa shape index (κ1) is 40.8. The molecule has 3 heterocycles. The molecule has 320 valence electrons. The van der Waals surface area contributed by atoms with Crippen molar-refractivity contribution in [1.29, 1.82) is 0 Å². The summed E-state index contributed by atoms with van der Waals surface area (Å²) in [4.78, 5) is 8.00. The maximum atomic E-state index is 2.74. The highest BCUT2D eigenvalue weighted by atomic mass is 15.3. The van der Waals surface area contributed by atoms with Crippen molar-refractivity contribution in [3.05, 3.63) is 174 Å². The molecule has 3 aliphatic heterocycles. The molecule has 11 rings (SSSR count). The zero-order valence-corrected chi connectivity index (χ0v) is 39.8. The Bertz CT molecular complexity index is 3020. The molecule has 0 bridgehead atoms. The summed E-state index contributed by atoms with van der Waals surface area (Å²) in [5.74, 6) is 0. The predicted octanol–water partition coefficient (Wildman–Crippen LogP) is 14.3. The standard InChI is InChI=1S/C60H62BN3/c1-56(2,3)40-22-19-23-43(34-40)62-52-36-42(58(7,8)9)28-30-48(52)61-47-25-16-18-27-51(47)63(49-31-29-41(57(4,5)6)35-45(49)39-20-13-12-14-21-39)54-38-44(37-53(62)55(54)61)64-50-26-17-15-24-46(50)59(10)32-33-60(59,64)11/h12-31,34-38H,32-33H2,1-11H3. The largest absolute Gasteiger partial charge is 0.334 e. The molecule has 64 heavy (non-hydrogen) atoms. The summed E-state index contributed by atoms with van der Waals surface area (Å²) in [7, 11) is 0. The molecular formula is C60H62BN3. The highest BCUT2D eigenvalue weighted by Crippen LogP contribution is 2.65. The van der Waals surface area contributed by atoms with E-state index in [4.69, 9.17) is 0 Å². The summed E-state index contributed by atoms with van der Waals surface area (Å²) < 4.78 is 0. The summed E-state index contributed by atoms with van der Waals surface area (Å²) in [6.07, 6.45) is 2.33. The first-order chi connectivity index (χ1) is 30.4. The minimum absolute atomic E-state index is 0.0161. The second-order valence-corrected chi connectivity index (χ2v) is 22.7. The monoisotopic (exact) mass is 836 g/mol. The van der Waals surface area contributed by atoms with E-state index in [9.17, 15) is 0 Å². The average Bonchev–Trinajstić information content (AvgIpc) is 3.40. The molecule has 1 saturated carbocycles. The second kappa shape index (κ2) is 13.8. The lowest BCUT2D eigenvalue weighted by Gasteiger charge is -2.56. The van der Waals surface area contributed by atoms with Crippen LogP contribution < -0.4 is 31.1 Å². The summed E-state index contributed by atoms with van der Waals surface area (Å²) >= 11 is 0. The third kappa shape index (κ3) is 5.86. The number of benzene rings is 7. The third-order valence-corrected chi connectivity index (χ3v) is 15.8. The normalized spacial score (nSPS) is 19.7. The van der Waals surface area contributed by atoms with E-state index in [0.717, 1.165) is 6.42 Å². The Kier molecular flexibility index (Phi) is 8.76. The van der Waals surface area contributed by atoms with Gasteiger partial charge in [-0.3, -0.25) is 0 Å². The molecule has 7 aromatic rings. The molecule has 0 aromatic heterocycles. The van der Waals surface area contributed by atoms with Crippen molar-refractivity contribution in [2.75, 3.05) is 14.7 Å². The number of hydrogen-bond donors (Lipinski definition) is 0. The van der Waals surface area contributed by atoms with E-state index in [0.29, 0.717) is 0 Å². The van der Waals surface area contributed by atoms with Crippen LogP contribution in [0.25, 0.3) is 11.1 Å². The Morgan fingerprint density at radius 2 is 1.03 bits per heavy atom. The minimum Gasteiger partial charge on any atom is -0.334 e. The molecule has 0 spiro atoms. The molecule has 2 atom stereocenters. The van der Waals surface area contributed by atoms with Crippen molar-refractivity contribution < 1.29 is 0 Å². The maximum absolute atomic E-state index is 2.74. The van der Waals surface area contributed by atoms with Gasteiger partial charge in [-0.1, -0.05) is 166 Å². The topological polar surface area (TPSA) is 9.72 Å². The molecule has 3 nitrogen and oxygen atoms in total. The van der Waals surface area contributed by atoms with Crippen LogP contribution in [0.2, 0.25) is 0 Å². The van der Waals surface area contributed by atoms with Crippen LogP contribution in [-0.4, -0.2) is 12.3 Å². The fraction of sp³-hybridized carbons (Fsp3) is 0.300. The molecular weight excluding hydrogens is 773 g/mol. The first-order valence-electron chi connectivity index (χ1n) is 23.6. The van der Waals surface area contributed by atoms with Crippen LogP contribution in [0.4, 0.5) is 45.5 Å². The summed E-state index contributed by atoms with van der Waals surface area (Å²) in [6, 6.07) is 58.7. The van der Waals surface area contributed by atoms with Gasteiger partial charge in [0.25, 0.3) is 6.71 Å². The van der Waals surface area contributed by atoms with Crippen molar-refractivity contribution in [2.24, 2.45) is 0 Å². The molecule has 0 radical (unpaired) electrons. The Balaban J connectivity index is 1.28. The van der Waals surface area contributed by atoms with Gasteiger partial charge in [0.15, 0.2) is 0 Å². The van der Waals surface area contributed by atoms with Crippen LogP contribution >= 0.6 is 0 Å². The van der Waals surface area contributed by atoms with Crippen LogP contribution in [-0.2, 0) is 21.7 Å². The number of nitrogens with zero attached hydrogens (tertiary/aromatic N) is 3. The molecule has 0 amide bonds. The molecule has 2 unspecified atom stereocenters. The van der Waals surface area contributed by atoms with Gasteiger partial charge in [-0.25, -0.2) is 0 Å². The molecule has 4 aliphatic rings. The fourth-order valence-corrected chi connectivity index (χ4v) is 11.7. The molecule has 7 aromatic carbocycles. The van der Waals surface area contributed by atoms with Crippen LogP contribution in [0.15, 0.2) is 152 Å². The van der Waals surface area contributed by atoms with Gasteiger partial charge in [-0.2, -0.15) is 0 Å². The summed E-state index contributed by atoms with van der Waals surface area (Å²) in [5.41, 5.74) is 21.9. The van der Waals surface area contributed by atoms with Crippen molar-refractivity contribution in [1.82, 2.24) is 0 Å². The van der Waals surface area contributed by atoms with E-state index >= 15 is 0 Å². The summed E-state index contributed by atoms with van der Waals surface area (Å²) in [5, 5.41) is 0. The van der Waals surface area contributed by atoms with Gasteiger partial charge in [0.2, 0.25) is 0 Å². The number of anilines is 8. The van der Waals surface area contributed by atoms with Gasteiger partial charge in [-0.15, -0.1) is 0 Å². The minimum atomic E-state index is -0.0685. The van der Waals surface area contributed by atoms with Gasteiger partial charge in [0.05, 0.1) is 11.2 Å². The van der Waals surface area contributed by atoms with Gasteiger partial charge >= 0.3 is 0 Å². The lowest BCUT2D eigenvalue weighted by atomic mass is 9.33. The predicted molar refractivity (Wildman–Crippen MR) is 276 cm³/mol. The SMILES string of the molecule is CC(C)(C)c1cccc(N2c3cc(C(C)(C)C)ccc3B3c4ccccc4N(c4ccc(C(C)(C)C)cc4-c4ccccc4)c4cc(N5c6ccccc6C6(C)CCC56C)cc2c43)c1. The fourth-order valence-electron chi connectivity index (χ4n) is 11.7. The number of fused-ring (bicyclic) bond motifs is 7. The van der Waals surface area contributed by atoms with E-state index < -0.39 is 0 Å². The highest BCUT2D eigenvalue weighted by Gasteiger charge is 2.63. The second-order valence-electron chi connectivity index (χ2n) is 22.7. The Morgan fingerprint density at radius 3 is 1.72 bits per heavy atom. The van der Waals surface area contributed by atoms with E-state index in [2.05, 4.69) is 243 Å². The Morgan fingerprint density at radius 1 is 0.438 bits per heavy atom. The van der Waals surface area contributed by atoms with Gasteiger partial charge in [-0.05, 0) is 135 Å². The van der Waals surface area contributed by atoms with E-state index in [1.807, 2.05) is 0 Å². The van der Waals surface area contributed by atoms with Crippen molar-refractivity contribution >= 4 is 68.6 Å². The Labute approximate surface area is 382 Å². The van der Waals surface area contributed by atoms with Crippen molar-refractivity contribution in [3.63, 3.8) is 0 Å². The van der Waals surface area contributed by atoms with E-state index in [1.165, 1.54) is 102 Å². The smallest absolute Gasteiger partial charge is 0.252 e. The van der Waals surface area contributed by atoms with Crippen LogP contribution in [0.1, 0.15) is 111 Å². The number of rotatable bonds is 4. The quantitative estimate of drug-likeness (QED) is 0.164. The lowest BCUT2D eigenvalue weighted by Crippen LogP contribution is -2.62. The first-order valence-corrected chi connectivity index (χ1v) is 23.6. The molecule has 1 aliphatic carbocycles. The van der Waals surface area contributed by atoms with Gasteiger partial charge in [0, 0.05) is 50.8 Å². The van der Waals surface area contributed by atoms with Crippen molar-refractivity contribution in [2.45, 2.75) is 116 Å². The molecule has 1 fully saturated rings. The number of para-hydroxylation sites is 2. The van der Waals surface area contributed by atoms with Gasteiger partial charge in [0.1, 0.15) is 0 Å². The maximum Gasteiger partial charge on any atom is 0.252 e.